The molecule has 0 aliphatic heterocycles. The van der Waals surface area contributed by atoms with Crippen molar-refractivity contribution >= 4 is 59.5 Å². The van der Waals surface area contributed by atoms with Crippen molar-refractivity contribution in [3.8, 4) is 22.3 Å². The summed E-state index contributed by atoms with van der Waals surface area (Å²) in [7, 11) is 11.0. The molecule has 58 heavy (non-hydrogen) atoms. The van der Waals surface area contributed by atoms with Crippen LogP contribution in [0.2, 0.25) is 13.1 Å². The van der Waals surface area contributed by atoms with Crippen LogP contribution in [0.1, 0.15) is 80.4 Å². The molecule has 2 nitrogen and oxygen atoms in total. The van der Waals surface area contributed by atoms with Crippen LogP contribution in [0.3, 0.4) is 0 Å². The molecule has 0 atom stereocenters. The van der Waals surface area contributed by atoms with Crippen LogP contribution in [0.25, 0.3) is 43.8 Å². The molecule has 6 heteroatoms. The summed E-state index contributed by atoms with van der Waals surface area (Å²) in [5.41, 5.74) is 11.1. The number of fused-ring (bicyclic) bond motifs is 2. The summed E-state index contributed by atoms with van der Waals surface area (Å²) in [4.78, 5) is 0. The van der Waals surface area contributed by atoms with Gasteiger partial charge >= 0.3 is 37.9 Å². The molecule has 0 aliphatic rings. The third kappa shape index (κ3) is 12.9. The van der Waals surface area contributed by atoms with E-state index in [1.807, 2.05) is 0 Å². The summed E-state index contributed by atoms with van der Waals surface area (Å²) in [6.07, 6.45) is 2.30. The molecule has 0 aromatic heterocycles. The Labute approximate surface area is 375 Å². The van der Waals surface area contributed by atoms with Crippen molar-refractivity contribution in [2.45, 2.75) is 95.2 Å². The summed E-state index contributed by atoms with van der Waals surface area (Å²) in [6.45, 7) is 34.1. The van der Waals surface area contributed by atoms with Crippen LogP contribution in [0.15, 0.2) is 109 Å². The van der Waals surface area contributed by atoms with E-state index in [1.165, 1.54) is 66.3 Å². The van der Waals surface area contributed by atoms with Crippen LogP contribution in [-0.2, 0) is 33.7 Å². The molecule has 0 spiro atoms. The van der Waals surface area contributed by atoms with Crippen LogP contribution in [0.5, 0.6) is 0 Å². The number of rotatable bonds is 14. The van der Waals surface area contributed by atoms with Gasteiger partial charge in [0.2, 0.25) is 0 Å². The molecule has 0 N–H and O–H groups in total. The Kier molecular flexibility index (Phi) is 21.4. The van der Waals surface area contributed by atoms with Crippen LogP contribution in [0.4, 0.5) is 11.4 Å². The van der Waals surface area contributed by atoms with Crippen LogP contribution in [-0.4, -0.2) is 48.8 Å². The number of halogens is 2. The molecule has 310 valence electrons. The molecular weight excluding hydrogens is 843 g/mol. The second kappa shape index (κ2) is 24.8. The predicted molar refractivity (Wildman–Crippen MR) is 263 cm³/mol. The summed E-state index contributed by atoms with van der Waals surface area (Å²) in [6, 6.07) is 41.5. The minimum atomic E-state index is -0.826. The molecule has 0 aliphatic carbocycles. The van der Waals surface area contributed by atoms with Gasteiger partial charge in [-0.25, -0.2) is 0 Å². The maximum absolute atomic E-state index is 4.93. The van der Waals surface area contributed by atoms with Crippen LogP contribution < -0.4 is 8.97 Å². The van der Waals surface area contributed by atoms with Crippen molar-refractivity contribution in [1.29, 1.82) is 0 Å². The summed E-state index contributed by atoms with van der Waals surface area (Å²) in [5, 5.41) is 5.50. The van der Waals surface area contributed by atoms with Gasteiger partial charge in [-0.05, 0) is 126 Å². The Balaban J connectivity index is 0.000000273. The number of benzene rings is 4. The van der Waals surface area contributed by atoms with E-state index in [4.69, 9.17) is 17.0 Å². The van der Waals surface area contributed by atoms with Crippen molar-refractivity contribution in [3.63, 3.8) is 0 Å². The number of hydrogen-bond acceptors (Lipinski definition) is 0. The quantitative estimate of drug-likeness (QED) is 0.0580. The number of quaternary nitrogens is 2. The molecular formula is C52H72Cl2N2SiZr+2. The van der Waals surface area contributed by atoms with E-state index >= 15 is 0 Å². The Morgan fingerprint density at radius 1 is 0.517 bits per heavy atom. The Hall–Kier alpha value is -2.30. The molecule has 0 saturated heterocycles. The van der Waals surface area contributed by atoms with Gasteiger partial charge in [0.25, 0.3) is 0 Å². The summed E-state index contributed by atoms with van der Waals surface area (Å²) >= 11 is -0.826. The van der Waals surface area contributed by atoms with Crippen LogP contribution >= 0.6 is 17.0 Å². The SMILES string of the molecule is CC[N+](CC)(CC)c1ccc(-c2cccc3[cH-]c(CC(C)C)cc23)cc1.CC[N+](CC)(CC)c1ccc(-c2cccc3[cH-]c(CC(C)C)cc23)cc1.C[Si]C.[Cl][Zr+2][Cl]. The maximum atomic E-state index is 4.93. The van der Waals surface area contributed by atoms with Crippen LogP contribution in [0, 0.1) is 11.8 Å². The first kappa shape index (κ1) is 50.1. The predicted octanol–water partition coefficient (Wildman–Crippen LogP) is 15.7. The van der Waals surface area contributed by atoms with Gasteiger partial charge in [0.05, 0.1) is 39.3 Å². The first-order valence-electron chi connectivity index (χ1n) is 21.7. The normalized spacial score (nSPS) is 11.4. The molecule has 6 aromatic carbocycles. The molecule has 6 aromatic rings. The summed E-state index contributed by atoms with van der Waals surface area (Å²) < 4.78 is 2.11. The molecule has 6 rings (SSSR count). The standard InChI is InChI=1S/2C25H33N.C2H6Si.2ClH.Zr/c2*1-6-26(7-2,8-3)23-14-12-21(13-15-23)24-11-9-10-22-17-20(16-19(4)5)18-25(22)24;1-3-2;;;/h2*9-15,17-19H,6-8,16H2,1-5H3;1-2H3;2*1H;/q;;;;;+4/p-2. The van der Waals surface area contributed by atoms with Crippen molar-refractivity contribution in [2.75, 3.05) is 39.3 Å². The monoisotopic (exact) mass is 912 g/mol. The van der Waals surface area contributed by atoms with E-state index < -0.39 is 20.8 Å². The fourth-order valence-electron chi connectivity index (χ4n) is 8.63. The fraction of sp³-hybridized carbons (Fsp3) is 0.423. The first-order valence-corrected chi connectivity index (χ1v) is 30.1. The molecule has 0 amide bonds. The molecule has 0 fully saturated rings. The van der Waals surface area contributed by atoms with Gasteiger partial charge in [0.15, 0.2) is 0 Å². The average Bonchev–Trinajstić information content (AvgIpc) is 3.83. The average molecular weight is 915 g/mol. The van der Waals surface area contributed by atoms with Gasteiger partial charge in [-0.2, -0.15) is 12.1 Å². The molecule has 0 unspecified atom stereocenters. The van der Waals surface area contributed by atoms with Crippen molar-refractivity contribution in [1.82, 2.24) is 8.97 Å². The second-order valence-electron chi connectivity index (χ2n) is 16.4. The minimum absolute atomic E-state index is 0.692. The Morgan fingerprint density at radius 3 is 1.07 bits per heavy atom. The first-order chi connectivity index (χ1) is 27.9. The third-order valence-electron chi connectivity index (χ3n) is 12.0. The molecule has 0 bridgehead atoms. The van der Waals surface area contributed by atoms with Crippen molar-refractivity contribution < 1.29 is 20.8 Å². The number of hydrogen-bond donors (Lipinski definition) is 0. The Morgan fingerprint density at radius 2 is 0.810 bits per heavy atom. The zero-order valence-corrected chi connectivity index (χ0v) is 42.8. The van der Waals surface area contributed by atoms with Gasteiger partial charge in [0, 0.05) is 9.52 Å². The summed E-state index contributed by atoms with van der Waals surface area (Å²) in [5.74, 6) is 1.38. The molecule has 2 radical (unpaired) electrons. The Bertz CT molecular complexity index is 1890. The molecule has 0 heterocycles. The van der Waals surface area contributed by atoms with Gasteiger partial charge < -0.3 is 0 Å². The van der Waals surface area contributed by atoms with Crippen molar-refractivity contribution in [2.24, 2.45) is 11.8 Å². The van der Waals surface area contributed by atoms with Gasteiger partial charge in [-0.15, -0.1) is 69.1 Å². The fourth-order valence-corrected chi connectivity index (χ4v) is 8.63. The van der Waals surface area contributed by atoms with E-state index in [9.17, 15) is 0 Å². The second-order valence-corrected chi connectivity index (χ2v) is 21.1. The van der Waals surface area contributed by atoms with Crippen molar-refractivity contribution in [3.05, 3.63) is 120 Å². The zero-order valence-electron chi connectivity index (χ0n) is 37.9. The van der Waals surface area contributed by atoms with E-state index in [1.54, 1.807) is 0 Å². The van der Waals surface area contributed by atoms with E-state index in [2.05, 4.69) is 192 Å². The van der Waals surface area contributed by atoms with Gasteiger partial charge in [-0.3, -0.25) is 8.97 Å². The third-order valence-corrected chi connectivity index (χ3v) is 12.0. The van der Waals surface area contributed by atoms with E-state index in [0.29, 0.717) is 11.8 Å². The number of nitrogens with zero attached hydrogens (tertiary/aromatic N) is 2. The van der Waals surface area contributed by atoms with E-state index in [-0.39, 0.29) is 0 Å². The van der Waals surface area contributed by atoms with Gasteiger partial charge in [-0.1, -0.05) is 64.0 Å². The molecule has 0 saturated carbocycles. The topological polar surface area (TPSA) is 0 Å². The zero-order chi connectivity index (χ0) is 42.9. The van der Waals surface area contributed by atoms with E-state index in [0.717, 1.165) is 70.6 Å². The van der Waals surface area contributed by atoms with Gasteiger partial charge in [0.1, 0.15) is 11.4 Å².